The second-order valence-corrected chi connectivity index (χ2v) is 20.2. The van der Waals surface area contributed by atoms with Crippen LogP contribution in [-0.4, -0.2) is 77.9 Å². The Kier molecular flexibility index (Phi) is 26.3. The highest BCUT2D eigenvalue weighted by molar-refractivity contribution is 7.44. The van der Waals surface area contributed by atoms with Gasteiger partial charge in [-0.3, -0.25) is 0 Å². The van der Waals surface area contributed by atoms with Crippen molar-refractivity contribution < 1.29 is 42.6 Å². The minimum atomic E-state index is -2.33. The molecule has 0 aromatic carbocycles. The first kappa shape index (κ1) is 41.6. The van der Waals surface area contributed by atoms with Gasteiger partial charge in [-0.1, -0.05) is 27.2 Å². The normalized spacial score (nSPS) is 10.2. The van der Waals surface area contributed by atoms with Crippen LogP contribution in [0.1, 0.15) is 28.2 Å². The Bertz CT molecular complexity index is 664. The van der Waals surface area contributed by atoms with E-state index in [0.717, 1.165) is 0 Å². The number of aliphatic hydroxyl groups is 1. The van der Waals surface area contributed by atoms with Gasteiger partial charge in [0.05, 0.1) is 19.8 Å². The van der Waals surface area contributed by atoms with Crippen LogP contribution >= 0.6 is 22.2 Å². The summed E-state index contributed by atoms with van der Waals surface area (Å²) in [5.74, 6) is -1.33. The lowest BCUT2D eigenvalue weighted by Gasteiger charge is -2.22. The Labute approximate surface area is 228 Å². The zero-order valence-corrected chi connectivity index (χ0v) is 25.3. The monoisotopic (exact) mass is 590 g/mol. The summed E-state index contributed by atoms with van der Waals surface area (Å²) in [6, 6.07) is 0. The Morgan fingerprint density at radius 1 is 0.667 bits per heavy atom. The van der Waals surface area contributed by atoms with Gasteiger partial charge in [-0.25, -0.2) is 14.4 Å². The topological polar surface area (TPSA) is 118 Å². The maximum absolute atomic E-state index is 11.1. The van der Waals surface area contributed by atoms with Crippen LogP contribution in [-0.2, 0) is 37.4 Å². The number of rotatable bonds is 13. The number of carbonyl (C=O) groups excluding carboxylic acids is 3. The lowest BCUT2D eigenvalue weighted by Crippen LogP contribution is -2.37. The molecule has 0 rings (SSSR count). The van der Waals surface area contributed by atoms with Crippen molar-refractivity contribution in [1.82, 2.24) is 0 Å². The average molecular weight is 592 g/mol. The van der Waals surface area contributed by atoms with E-state index in [1.807, 2.05) is 26.2 Å². The summed E-state index contributed by atoms with van der Waals surface area (Å²) >= 11 is 10.9. The van der Waals surface area contributed by atoms with Gasteiger partial charge in [-0.15, -0.1) is 22.2 Å². The second kappa shape index (κ2) is 22.7. The number of ether oxygens (including phenoxy) is 3. The SMILES string of the molecule is C.C=C(C)C(=O)OCCO.C=C(C)C(=O)OCCO[Si](C)(C)OCCOC(=O)C(=C)C.C[Si](C)(Cl)Cl. The van der Waals surface area contributed by atoms with Gasteiger partial charge >= 0.3 is 26.5 Å². The summed E-state index contributed by atoms with van der Waals surface area (Å²) in [5, 5.41) is 8.19. The number of carbonyl (C=O) groups is 3. The molecule has 0 saturated heterocycles. The summed E-state index contributed by atoms with van der Waals surface area (Å²) in [6.07, 6.45) is 0. The van der Waals surface area contributed by atoms with E-state index in [2.05, 4.69) is 24.5 Å². The zero-order valence-electron chi connectivity index (χ0n) is 21.8. The van der Waals surface area contributed by atoms with Gasteiger partial charge in [0.15, 0.2) is 0 Å². The van der Waals surface area contributed by atoms with Crippen molar-refractivity contribution in [2.24, 2.45) is 0 Å². The fourth-order valence-corrected chi connectivity index (χ4v) is 2.63. The molecular weight excluding hydrogens is 547 g/mol. The summed E-state index contributed by atoms with van der Waals surface area (Å²) in [7, 11) is -2.33. The molecule has 1 N–H and O–H groups in total. The zero-order chi connectivity index (χ0) is 28.2. The maximum atomic E-state index is 11.1. The van der Waals surface area contributed by atoms with Crippen molar-refractivity contribution in [2.75, 3.05) is 39.6 Å². The molecule has 0 aliphatic rings. The molecule has 0 aliphatic heterocycles. The summed E-state index contributed by atoms with van der Waals surface area (Å²) < 4.78 is 25.4. The molecule has 0 aromatic rings. The van der Waals surface area contributed by atoms with E-state index in [1.54, 1.807) is 20.8 Å². The first-order valence-electron chi connectivity index (χ1n) is 10.6. The molecule has 0 fully saturated rings. The summed E-state index contributed by atoms with van der Waals surface area (Å²) in [5.41, 5.74) is 1.05. The molecule has 212 valence electrons. The van der Waals surface area contributed by atoms with Crippen LogP contribution in [0.4, 0.5) is 0 Å². The minimum Gasteiger partial charge on any atom is -0.460 e. The van der Waals surface area contributed by atoms with Gasteiger partial charge in [0.1, 0.15) is 19.8 Å². The fraction of sp³-hybridized carbons (Fsp3) is 0.609. The van der Waals surface area contributed by atoms with Gasteiger partial charge in [0.2, 0.25) is 6.69 Å². The first-order valence-corrected chi connectivity index (χ1v) is 18.4. The smallest absolute Gasteiger partial charge is 0.333 e. The van der Waals surface area contributed by atoms with E-state index >= 15 is 0 Å². The van der Waals surface area contributed by atoms with Crippen LogP contribution in [0.15, 0.2) is 36.5 Å². The molecule has 0 unspecified atom stereocenters. The number of hydrogen-bond donors (Lipinski definition) is 1. The molecule has 0 aromatic heterocycles. The lowest BCUT2D eigenvalue weighted by molar-refractivity contribution is -0.140. The Morgan fingerprint density at radius 3 is 1.14 bits per heavy atom. The molecule has 0 heterocycles. The largest absolute Gasteiger partial charge is 0.460 e. The van der Waals surface area contributed by atoms with Gasteiger partial charge in [-0.05, 0) is 47.0 Å². The van der Waals surface area contributed by atoms with E-state index in [1.165, 1.54) is 0 Å². The number of esters is 3. The highest BCUT2D eigenvalue weighted by atomic mass is 35.7. The molecule has 36 heavy (non-hydrogen) atoms. The number of halogens is 2. The number of aliphatic hydroxyl groups excluding tert-OH is 1. The molecule has 0 spiro atoms. The molecule has 0 atom stereocenters. The predicted molar refractivity (Wildman–Crippen MR) is 150 cm³/mol. The molecule has 0 amide bonds. The van der Waals surface area contributed by atoms with Crippen molar-refractivity contribution in [3.8, 4) is 0 Å². The predicted octanol–water partition coefficient (Wildman–Crippen LogP) is 4.86. The van der Waals surface area contributed by atoms with Gasteiger partial charge in [0.25, 0.3) is 0 Å². The van der Waals surface area contributed by atoms with Crippen molar-refractivity contribution >= 4 is 55.3 Å². The van der Waals surface area contributed by atoms with Crippen molar-refractivity contribution in [1.29, 1.82) is 0 Å². The maximum Gasteiger partial charge on any atom is 0.333 e. The second-order valence-electron chi connectivity index (χ2n) is 7.90. The first-order chi connectivity index (χ1) is 15.8. The van der Waals surface area contributed by atoms with E-state index in [9.17, 15) is 14.4 Å². The molecule has 13 heteroatoms. The highest BCUT2D eigenvalue weighted by Gasteiger charge is 2.24. The number of hydrogen-bond acceptors (Lipinski definition) is 9. The Morgan fingerprint density at radius 2 is 0.917 bits per heavy atom. The van der Waals surface area contributed by atoms with Crippen molar-refractivity contribution in [3.63, 3.8) is 0 Å². The third kappa shape index (κ3) is 34.7. The Hall–Kier alpha value is -1.48. The van der Waals surface area contributed by atoms with Crippen molar-refractivity contribution in [3.05, 3.63) is 36.5 Å². The van der Waals surface area contributed by atoms with Crippen LogP contribution in [0.5, 0.6) is 0 Å². The molecule has 0 radical (unpaired) electrons. The van der Waals surface area contributed by atoms with Gasteiger partial charge in [-0.2, -0.15) is 0 Å². The van der Waals surface area contributed by atoms with Gasteiger partial charge in [0, 0.05) is 16.7 Å². The average Bonchev–Trinajstić information content (AvgIpc) is 2.71. The minimum absolute atomic E-state index is 0. The van der Waals surface area contributed by atoms with Crippen LogP contribution in [0.25, 0.3) is 0 Å². The molecule has 0 bridgehead atoms. The van der Waals surface area contributed by atoms with Gasteiger partial charge < -0.3 is 28.2 Å². The lowest BCUT2D eigenvalue weighted by atomic mass is 10.4. The van der Waals surface area contributed by atoms with E-state index in [4.69, 9.17) is 45.6 Å². The summed E-state index contributed by atoms with van der Waals surface area (Å²) in [6.45, 7) is 21.5. The molecule has 0 saturated carbocycles. The third-order valence-corrected chi connectivity index (χ3v) is 4.70. The fourth-order valence-electron chi connectivity index (χ4n) is 1.39. The van der Waals surface area contributed by atoms with Crippen LogP contribution in [0.2, 0.25) is 26.2 Å². The van der Waals surface area contributed by atoms with Crippen LogP contribution < -0.4 is 0 Å². The van der Waals surface area contributed by atoms with Crippen LogP contribution in [0.3, 0.4) is 0 Å². The van der Waals surface area contributed by atoms with E-state index in [-0.39, 0.29) is 47.1 Å². The Balaban J connectivity index is -0.000000281. The molecule has 9 nitrogen and oxygen atoms in total. The van der Waals surface area contributed by atoms with Crippen molar-refractivity contribution in [2.45, 2.75) is 54.4 Å². The third-order valence-electron chi connectivity index (χ3n) is 2.90. The van der Waals surface area contributed by atoms with E-state index in [0.29, 0.717) is 16.7 Å². The van der Waals surface area contributed by atoms with Crippen LogP contribution in [0, 0.1) is 0 Å². The highest BCUT2D eigenvalue weighted by Crippen LogP contribution is 2.10. The standard InChI is InChI=1S/C14H24O6Si.C6H10O3.C2H6Cl2Si.CH4/c1-11(2)13(15)17-7-9-19-21(5,6)20-10-8-18-14(16)12(3)4;1-5(2)6(8)9-4-3-7;1-5(2,3)4;/h1,3,7-10H2,2,4-6H3;7H,1,3-4H2,2H3;1-2H3;1H4. The summed E-state index contributed by atoms with van der Waals surface area (Å²) in [4.78, 5) is 32.8. The molecule has 0 aliphatic carbocycles. The quantitative estimate of drug-likeness (QED) is 0.0800. The molecular formula is C23H44Cl2O9Si2. The van der Waals surface area contributed by atoms with E-state index < -0.39 is 33.2 Å².